The summed E-state index contributed by atoms with van der Waals surface area (Å²) in [6.45, 7) is 4.94. The van der Waals surface area contributed by atoms with Crippen LogP contribution in [0.15, 0.2) is 48.5 Å². The van der Waals surface area contributed by atoms with Crippen LogP contribution in [0.25, 0.3) is 0 Å². The minimum atomic E-state index is -0.319. The Morgan fingerprint density at radius 3 is 2.50 bits per heavy atom. The Hall–Kier alpha value is -2.49. The van der Waals surface area contributed by atoms with Crippen molar-refractivity contribution in [2.24, 2.45) is 0 Å². The van der Waals surface area contributed by atoms with E-state index >= 15 is 0 Å². The number of aryl methyl sites for hydroxylation is 2. The molecule has 4 heteroatoms. The van der Waals surface area contributed by atoms with Crippen molar-refractivity contribution >= 4 is 11.8 Å². The molecule has 1 saturated heterocycles. The summed E-state index contributed by atoms with van der Waals surface area (Å²) >= 11 is 0. The van der Waals surface area contributed by atoms with Crippen LogP contribution in [-0.4, -0.2) is 25.3 Å². The summed E-state index contributed by atoms with van der Waals surface area (Å²) in [5, 5.41) is 0. The highest BCUT2D eigenvalue weighted by atomic mass is 16.6. The van der Waals surface area contributed by atoms with Crippen LogP contribution in [-0.2, 0) is 4.74 Å². The fourth-order valence-electron chi connectivity index (χ4n) is 2.63. The van der Waals surface area contributed by atoms with Crippen molar-refractivity contribution in [2.45, 2.75) is 20.0 Å². The predicted octanol–water partition coefficient (Wildman–Crippen LogP) is 3.71. The molecule has 0 aliphatic carbocycles. The Balaban J connectivity index is 1.62. The van der Waals surface area contributed by atoms with Gasteiger partial charge in [0.1, 0.15) is 12.4 Å². The molecule has 0 radical (unpaired) electrons. The molecule has 1 fully saturated rings. The van der Waals surface area contributed by atoms with E-state index in [-0.39, 0.29) is 12.2 Å². The van der Waals surface area contributed by atoms with E-state index < -0.39 is 0 Å². The number of nitrogens with zero attached hydrogens (tertiary/aromatic N) is 1. The Kier molecular flexibility index (Phi) is 4.00. The van der Waals surface area contributed by atoms with Crippen molar-refractivity contribution in [1.29, 1.82) is 0 Å². The molecular weight excluding hydrogens is 278 g/mol. The van der Waals surface area contributed by atoms with Gasteiger partial charge in [-0.3, -0.25) is 4.90 Å². The van der Waals surface area contributed by atoms with Gasteiger partial charge in [-0.2, -0.15) is 0 Å². The average molecular weight is 297 g/mol. The third-order valence-electron chi connectivity index (χ3n) is 3.57. The number of para-hydroxylation sites is 1. The number of hydrogen-bond acceptors (Lipinski definition) is 3. The lowest BCUT2D eigenvalue weighted by molar-refractivity contribution is 0.105. The van der Waals surface area contributed by atoms with E-state index in [1.807, 2.05) is 56.3 Å². The molecule has 0 saturated carbocycles. The molecule has 0 bridgehead atoms. The third-order valence-corrected chi connectivity index (χ3v) is 3.57. The Labute approximate surface area is 130 Å². The van der Waals surface area contributed by atoms with Crippen molar-refractivity contribution in [3.05, 3.63) is 59.7 Å². The maximum atomic E-state index is 12.0. The molecule has 0 aromatic heterocycles. The van der Waals surface area contributed by atoms with E-state index in [0.717, 1.165) is 22.6 Å². The molecule has 4 nitrogen and oxygen atoms in total. The van der Waals surface area contributed by atoms with Crippen LogP contribution < -0.4 is 9.64 Å². The van der Waals surface area contributed by atoms with Crippen molar-refractivity contribution in [3.8, 4) is 5.75 Å². The summed E-state index contributed by atoms with van der Waals surface area (Å²) in [6.07, 6.45) is -0.575. The zero-order valence-electron chi connectivity index (χ0n) is 12.8. The van der Waals surface area contributed by atoms with Gasteiger partial charge in [0, 0.05) is 5.69 Å². The molecule has 1 unspecified atom stereocenters. The van der Waals surface area contributed by atoms with Gasteiger partial charge in [-0.25, -0.2) is 4.79 Å². The second-order valence-corrected chi connectivity index (χ2v) is 5.59. The maximum Gasteiger partial charge on any atom is 0.414 e. The van der Waals surface area contributed by atoms with Crippen LogP contribution in [0.5, 0.6) is 5.75 Å². The van der Waals surface area contributed by atoms with Crippen LogP contribution in [0.2, 0.25) is 0 Å². The van der Waals surface area contributed by atoms with Gasteiger partial charge in [0.15, 0.2) is 6.10 Å². The molecule has 114 valence electrons. The van der Waals surface area contributed by atoms with Gasteiger partial charge in [0.05, 0.1) is 6.54 Å². The number of amides is 1. The number of anilines is 1. The maximum absolute atomic E-state index is 12.0. The number of cyclic esters (lactones) is 1. The first kappa shape index (κ1) is 14.4. The first-order valence-electron chi connectivity index (χ1n) is 7.36. The van der Waals surface area contributed by atoms with Crippen molar-refractivity contribution < 1.29 is 14.3 Å². The molecule has 2 aromatic carbocycles. The van der Waals surface area contributed by atoms with Gasteiger partial charge < -0.3 is 9.47 Å². The summed E-state index contributed by atoms with van der Waals surface area (Å²) in [7, 11) is 0. The second-order valence-electron chi connectivity index (χ2n) is 5.59. The highest BCUT2D eigenvalue weighted by Crippen LogP contribution is 2.22. The molecule has 22 heavy (non-hydrogen) atoms. The van der Waals surface area contributed by atoms with Crippen LogP contribution in [0, 0.1) is 13.8 Å². The van der Waals surface area contributed by atoms with Gasteiger partial charge >= 0.3 is 6.09 Å². The summed E-state index contributed by atoms with van der Waals surface area (Å²) < 4.78 is 11.2. The molecule has 1 amide bonds. The number of benzene rings is 2. The molecule has 2 aromatic rings. The van der Waals surface area contributed by atoms with E-state index in [4.69, 9.17) is 9.47 Å². The summed E-state index contributed by atoms with van der Waals surface area (Å²) in [4.78, 5) is 13.6. The summed E-state index contributed by atoms with van der Waals surface area (Å²) in [5.74, 6) is 0.812. The molecule has 1 heterocycles. The van der Waals surface area contributed by atoms with Crippen molar-refractivity contribution in [2.75, 3.05) is 18.1 Å². The largest absolute Gasteiger partial charge is 0.490 e. The second kappa shape index (κ2) is 6.10. The fraction of sp³-hybridized carbons (Fsp3) is 0.278. The van der Waals surface area contributed by atoms with E-state index in [1.54, 1.807) is 4.90 Å². The van der Waals surface area contributed by atoms with Crippen molar-refractivity contribution in [3.63, 3.8) is 0 Å². The quantitative estimate of drug-likeness (QED) is 0.863. The minimum absolute atomic E-state index is 0.256. The highest BCUT2D eigenvalue weighted by Gasteiger charge is 2.32. The summed E-state index contributed by atoms with van der Waals surface area (Å²) in [6, 6.07) is 15.6. The molecular formula is C18H19NO3. The van der Waals surface area contributed by atoms with Gasteiger partial charge in [-0.05, 0) is 49.2 Å². The lowest BCUT2D eigenvalue weighted by Crippen LogP contribution is -2.26. The fourth-order valence-corrected chi connectivity index (χ4v) is 2.63. The number of ether oxygens (including phenoxy) is 2. The lowest BCUT2D eigenvalue weighted by atomic mass is 10.1. The molecule has 1 atom stereocenters. The zero-order chi connectivity index (χ0) is 15.5. The number of hydrogen-bond donors (Lipinski definition) is 0. The molecule has 1 aliphatic heterocycles. The lowest BCUT2D eigenvalue weighted by Gasteiger charge is -2.13. The van der Waals surface area contributed by atoms with Crippen LogP contribution in [0.1, 0.15) is 11.1 Å². The van der Waals surface area contributed by atoms with E-state index in [0.29, 0.717) is 13.2 Å². The Morgan fingerprint density at radius 2 is 1.82 bits per heavy atom. The minimum Gasteiger partial charge on any atom is -0.490 e. The van der Waals surface area contributed by atoms with Crippen LogP contribution >= 0.6 is 0 Å². The molecule has 1 aliphatic rings. The Morgan fingerprint density at radius 1 is 1.14 bits per heavy atom. The predicted molar refractivity (Wildman–Crippen MR) is 85.5 cm³/mol. The van der Waals surface area contributed by atoms with Gasteiger partial charge in [-0.15, -0.1) is 0 Å². The van der Waals surface area contributed by atoms with E-state index in [9.17, 15) is 4.79 Å². The highest BCUT2D eigenvalue weighted by molar-refractivity contribution is 5.89. The first-order chi connectivity index (χ1) is 10.6. The number of carbonyl (C=O) groups is 1. The standard InChI is InChI=1S/C18H19NO3/c1-13-8-14(2)10-16(9-13)21-12-17-11-19(18(20)22-17)15-6-4-3-5-7-15/h3-10,17H,11-12H2,1-2H3. The van der Waals surface area contributed by atoms with Gasteiger partial charge in [0.25, 0.3) is 0 Å². The topological polar surface area (TPSA) is 38.8 Å². The molecule has 0 N–H and O–H groups in total. The van der Waals surface area contributed by atoms with Crippen molar-refractivity contribution in [1.82, 2.24) is 0 Å². The number of rotatable bonds is 4. The summed E-state index contributed by atoms with van der Waals surface area (Å²) in [5.41, 5.74) is 3.16. The van der Waals surface area contributed by atoms with E-state index in [1.165, 1.54) is 0 Å². The molecule has 3 rings (SSSR count). The normalized spacial score (nSPS) is 17.5. The average Bonchev–Trinajstić information content (AvgIpc) is 2.86. The first-order valence-corrected chi connectivity index (χ1v) is 7.36. The zero-order valence-corrected chi connectivity index (χ0v) is 12.8. The van der Waals surface area contributed by atoms with Gasteiger partial charge in [-0.1, -0.05) is 24.3 Å². The van der Waals surface area contributed by atoms with Gasteiger partial charge in [0.2, 0.25) is 0 Å². The van der Waals surface area contributed by atoms with E-state index in [2.05, 4.69) is 6.07 Å². The number of carbonyl (C=O) groups excluding carboxylic acids is 1. The smallest absolute Gasteiger partial charge is 0.414 e. The third kappa shape index (κ3) is 3.22. The van der Waals surface area contributed by atoms with Crippen LogP contribution in [0.3, 0.4) is 0 Å². The Bertz CT molecular complexity index is 649. The SMILES string of the molecule is Cc1cc(C)cc(OCC2CN(c3ccccc3)C(=O)O2)c1. The molecule has 0 spiro atoms. The van der Waals surface area contributed by atoms with Crippen LogP contribution in [0.4, 0.5) is 10.5 Å². The monoisotopic (exact) mass is 297 g/mol.